The number of benzene rings is 9. The van der Waals surface area contributed by atoms with E-state index in [2.05, 4.69) is 208 Å². The van der Waals surface area contributed by atoms with Gasteiger partial charge in [-0.2, -0.15) is 5.26 Å². The van der Waals surface area contributed by atoms with Gasteiger partial charge in [0.25, 0.3) is 0 Å². The molecule has 0 saturated heterocycles. The Labute approximate surface area is 340 Å². The summed E-state index contributed by atoms with van der Waals surface area (Å²) in [5.41, 5.74) is 14.7. The molecule has 0 bridgehead atoms. The molecule has 59 heavy (non-hydrogen) atoms. The second-order valence-corrected chi connectivity index (χ2v) is 15.3. The Morgan fingerprint density at radius 1 is 0.288 bits per heavy atom. The van der Waals surface area contributed by atoms with Gasteiger partial charge in [0, 0.05) is 49.4 Å². The molecule has 274 valence electrons. The molecule has 0 saturated carbocycles. The molecule has 0 radical (unpaired) electrons. The summed E-state index contributed by atoms with van der Waals surface area (Å²) in [7, 11) is 0. The van der Waals surface area contributed by atoms with Gasteiger partial charge in [-0.25, -0.2) is 0 Å². The van der Waals surface area contributed by atoms with Gasteiger partial charge in [0.1, 0.15) is 0 Å². The highest BCUT2D eigenvalue weighted by molar-refractivity contribution is 6.11. The molecular weight excluding hydrogens is 717 g/mol. The second kappa shape index (κ2) is 13.0. The molecule has 9 aromatic carbocycles. The lowest BCUT2D eigenvalue weighted by atomic mass is 9.94. The summed E-state index contributed by atoms with van der Waals surface area (Å²) >= 11 is 0. The van der Waals surface area contributed by atoms with Gasteiger partial charge in [0.15, 0.2) is 0 Å². The zero-order valence-electron chi connectivity index (χ0n) is 31.9. The molecule has 0 N–H and O–H groups in total. The zero-order valence-corrected chi connectivity index (χ0v) is 31.9. The van der Waals surface area contributed by atoms with Gasteiger partial charge in [-0.3, -0.25) is 0 Å². The highest BCUT2D eigenvalue weighted by atomic mass is 15.0. The number of hydrogen-bond donors (Lipinski definition) is 0. The molecule has 0 aliphatic carbocycles. The molecule has 4 heteroatoms. The van der Waals surface area contributed by atoms with Gasteiger partial charge in [-0.15, -0.1) is 0 Å². The standard InChI is InChI=1S/C55H34N4/c56-35-36-15-1-2-16-43(36)39-29-37(30-40(33-39)57-50-23-9-3-17-44(50)45-18-4-10-24-51(45)57)38-31-41(58-52-25-11-5-19-46(52)47-20-6-12-26-53(47)58)34-42(32-38)59-54-27-13-7-21-48(54)49-22-8-14-28-55(49)59/h1-34H. The third-order valence-electron chi connectivity index (χ3n) is 12.0. The quantitative estimate of drug-likeness (QED) is 0.173. The van der Waals surface area contributed by atoms with Crippen LogP contribution < -0.4 is 0 Å². The van der Waals surface area contributed by atoms with Crippen LogP contribution in [0.2, 0.25) is 0 Å². The van der Waals surface area contributed by atoms with Crippen molar-refractivity contribution in [3.05, 3.63) is 212 Å². The van der Waals surface area contributed by atoms with Crippen LogP contribution in [0.25, 0.3) is 105 Å². The van der Waals surface area contributed by atoms with E-state index in [1.165, 1.54) is 32.3 Å². The molecule has 4 nitrogen and oxygen atoms in total. The number of fused-ring (bicyclic) bond motifs is 9. The number of rotatable bonds is 5. The monoisotopic (exact) mass is 750 g/mol. The van der Waals surface area contributed by atoms with Crippen molar-refractivity contribution in [3.63, 3.8) is 0 Å². The van der Waals surface area contributed by atoms with Gasteiger partial charge < -0.3 is 13.7 Å². The van der Waals surface area contributed by atoms with E-state index in [0.29, 0.717) is 5.56 Å². The van der Waals surface area contributed by atoms with Crippen LogP contribution in [0.5, 0.6) is 0 Å². The van der Waals surface area contributed by atoms with Gasteiger partial charge in [0.05, 0.1) is 44.7 Å². The van der Waals surface area contributed by atoms with E-state index < -0.39 is 0 Å². The molecule has 12 aromatic rings. The first-order valence-electron chi connectivity index (χ1n) is 20.0. The fourth-order valence-electron chi connectivity index (χ4n) is 9.52. The summed E-state index contributed by atoms with van der Waals surface area (Å²) in [5, 5.41) is 17.7. The molecule has 0 aliphatic rings. The number of nitrogens with zero attached hydrogens (tertiary/aromatic N) is 4. The Kier molecular flexibility index (Phi) is 7.26. The maximum atomic E-state index is 10.4. The first-order chi connectivity index (χ1) is 29.2. The Bertz CT molecular complexity index is 3410. The van der Waals surface area contributed by atoms with Crippen molar-refractivity contribution in [1.82, 2.24) is 13.7 Å². The molecule has 0 unspecified atom stereocenters. The van der Waals surface area contributed by atoms with Crippen molar-refractivity contribution in [2.45, 2.75) is 0 Å². The molecule has 12 rings (SSSR count). The molecule has 3 heterocycles. The number of aromatic nitrogens is 3. The summed E-state index contributed by atoms with van der Waals surface area (Å²) in [4.78, 5) is 0. The van der Waals surface area contributed by atoms with Gasteiger partial charge >= 0.3 is 0 Å². The maximum Gasteiger partial charge on any atom is 0.0998 e. The number of para-hydroxylation sites is 6. The minimum absolute atomic E-state index is 0.642. The van der Waals surface area contributed by atoms with Crippen LogP contribution in [0.1, 0.15) is 5.56 Å². The normalized spacial score (nSPS) is 11.7. The van der Waals surface area contributed by atoms with E-state index in [-0.39, 0.29) is 0 Å². The van der Waals surface area contributed by atoms with E-state index in [9.17, 15) is 5.26 Å². The third kappa shape index (κ3) is 5.02. The van der Waals surface area contributed by atoms with Crippen molar-refractivity contribution in [2.24, 2.45) is 0 Å². The summed E-state index contributed by atoms with van der Waals surface area (Å²) in [5.74, 6) is 0. The first-order valence-corrected chi connectivity index (χ1v) is 20.0. The Balaban J connectivity index is 1.21. The SMILES string of the molecule is N#Cc1ccccc1-c1cc(-c2cc(-n3c4ccccc4c4ccccc43)cc(-n3c4ccccc4c4ccccc43)c2)cc(-n2c3ccccc3c3ccccc32)c1. The van der Waals surface area contributed by atoms with E-state index in [1.54, 1.807) is 0 Å². The lowest BCUT2D eigenvalue weighted by molar-refractivity contribution is 1.13. The van der Waals surface area contributed by atoms with Crippen molar-refractivity contribution >= 4 is 65.4 Å². The van der Waals surface area contributed by atoms with Crippen LogP contribution in [0.3, 0.4) is 0 Å². The Morgan fingerprint density at radius 3 is 0.949 bits per heavy atom. The Morgan fingerprint density at radius 2 is 0.576 bits per heavy atom. The topological polar surface area (TPSA) is 38.6 Å². The molecule has 3 aromatic heterocycles. The van der Waals surface area contributed by atoms with Crippen molar-refractivity contribution in [3.8, 4) is 45.4 Å². The number of hydrogen-bond acceptors (Lipinski definition) is 1. The third-order valence-corrected chi connectivity index (χ3v) is 12.0. The summed E-state index contributed by atoms with van der Waals surface area (Å²) in [6.07, 6.45) is 0. The van der Waals surface area contributed by atoms with Crippen molar-refractivity contribution in [1.29, 1.82) is 5.26 Å². The Hall–Kier alpha value is -8.13. The minimum atomic E-state index is 0.642. The van der Waals surface area contributed by atoms with Gasteiger partial charge in [-0.05, 0) is 101 Å². The first kappa shape index (κ1) is 33.1. The number of nitriles is 1. The average molecular weight is 751 g/mol. The lowest BCUT2D eigenvalue weighted by Gasteiger charge is -2.18. The highest BCUT2D eigenvalue weighted by Gasteiger charge is 2.20. The predicted octanol–water partition coefficient (Wildman–Crippen LogP) is 14.2. The highest BCUT2D eigenvalue weighted by Crippen LogP contribution is 2.41. The molecule has 0 aliphatic heterocycles. The fraction of sp³-hybridized carbons (Fsp3) is 0. The van der Waals surface area contributed by atoms with Crippen LogP contribution in [-0.2, 0) is 0 Å². The van der Waals surface area contributed by atoms with Crippen molar-refractivity contribution in [2.75, 3.05) is 0 Å². The van der Waals surface area contributed by atoms with Crippen LogP contribution in [-0.4, -0.2) is 13.7 Å². The van der Waals surface area contributed by atoms with Crippen LogP contribution >= 0.6 is 0 Å². The van der Waals surface area contributed by atoms with Crippen LogP contribution in [0, 0.1) is 11.3 Å². The van der Waals surface area contributed by atoms with Crippen molar-refractivity contribution < 1.29 is 0 Å². The molecular formula is C55H34N4. The predicted molar refractivity (Wildman–Crippen MR) is 245 cm³/mol. The second-order valence-electron chi connectivity index (χ2n) is 15.3. The molecule has 0 fully saturated rings. The average Bonchev–Trinajstić information content (AvgIpc) is 3.95. The minimum Gasteiger partial charge on any atom is -0.309 e. The summed E-state index contributed by atoms with van der Waals surface area (Å²) < 4.78 is 7.19. The molecule has 0 spiro atoms. The van der Waals surface area contributed by atoms with Gasteiger partial charge in [0.2, 0.25) is 0 Å². The molecule has 0 amide bonds. The van der Waals surface area contributed by atoms with Gasteiger partial charge in [-0.1, -0.05) is 127 Å². The fourth-order valence-corrected chi connectivity index (χ4v) is 9.52. The zero-order chi connectivity index (χ0) is 39.0. The van der Waals surface area contributed by atoms with E-state index in [0.717, 1.165) is 72.4 Å². The maximum absolute atomic E-state index is 10.4. The van der Waals surface area contributed by atoms with E-state index in [4.69, 9.17) is 0 Å². The summed E-state index contributed by atoms with van der Waals surface area (Å²) in [6.45, 7) is 0. The summed E-state index contributed by atoms with van der Waals surface area (Å²) in [6, 6.07) is 76.3. The largest absolute Gasteiger partial charge is 0.309 e. The van der Waals surface area contributed by atoms with Crippen LogP contribution in [0.4, 0.5) is 0 Å². The van der Waals surface area contributed by atoms with Crippen LogP contribution in [0.15, 0.2) is 206 Å². The van der Waals surface area contributed by atoms with E-state index >= 15 is 0 Å². The van der Waals surface area contributed by atoms with E-state index in [1.807, 2.05) is 18.2 Å². The lowest BCUT2D eigenvalue weighted by Crippen LogP contribution is -2.01. The smallest absolute Gasteiger partial charge is 0.0998 e. The molecule has 0 atom stereocenters.